The number of rotatable bonds is 2. The van der Waals surface area contributed by atoms with Crippen molar-refractivity contribution in [3.63, 3.8) is 0 Å². The van der Waals surface area contributed by atoms with Crippen molar-refractivity contribution in [1.29, 1.82) is 0 Å². The van der Waals surface area contributed by atoms with Gasteiger partial charge >= 0.3 is 5.97 Å². The molecular formula is C26H40N2O5S. The third-order valence-corrected chi connectivity index (χ3v) is 8.37. The van der Waals surface area contributed by atoms with Crippen LogP contribution in [0.2, 0.25) is 0 Å². The molecule has 2 saturated heterocycles. The smallest absolute Gasteiger partial charge is 0.309 e. The molecule has 0 spiro atoms. The lowest BCUT2D eigenvalue weighted by Crippen LogP contribution is -2.45. The Morgan fingerprint density at radius 2 is 1.94 bits per heavy atom. The maximum absolute atomic E-state index is 13.2. The lowest BCUT2D eigenvalue weighted by atomic mass is 9.73. The minimum absolute atomic E-state index is 0.0264. The molecule has 2 unspecified atom stereocenters. The first kappa shape index (κ1) is 27.0. The first-order chi connectivity index (χ1) is 15.9. The average Bonchev–Trinajstić information content (AvgIpc) is 3.38. The summed E-state index contributed by atoms with van der Waals surface area (Å²) in [4.78, 5) is 30.5. The Morgan fingerprint density at radius 3 is 2.59 bits per heavy atom. The second-order valence-electron chi connectivity index (χ2n) is 10.8. The lowest BCUT2D eigenvalue weighted by Gasteiger charge is -2.34. The predicted molar refractivity (Wildman–Crippen MR) is 133 cm³/mol. The number of hydrogen-bond acceptors (Lipinski definition) is 8. The molecule has 7 nitrogen and oxygen atoms in total. The van der Waals surface area contributed by atoms with E-state index in [-0.39, 0.29) is 24.2 Å². The maximum Gasteiger partial charge on any atom is 0.309 e. The zero-order valence-corrected chi connectivity index (χ0v) is 22.0. The molecule has 0 saturated carbocycles. The number of carbonyl (C=O) groups is 2. The quantitative estimate of drug-likeness (QED) is 0.426. The number of nitrogens with zero attached hydrogens (tertiary/aromatic N) is 1. The standard InChI is InChI=1S/C26H40N2O5S/c1-14-8-7-9-19-20(28-19)11-21(15(2)10-18-13-34-17(4)27-18)33-23(30)12-22(29)26(5,6)25(32)16(3)24(14)31/h10,13-14,16,19-22,24,28-29,31H,7-9,11-12H2,1-6H3/b15-10+/t14-,16+,19+,20?,21?,22-,24-/m0/s1. The van der Waals surface area contributed by atoms with Gasteiger partial charge in [0.15, 0.2) is 0 Å². The van der Waals surface area contributed by atoms with Crippen LogP contribution in [0, 0.1) is 24.2 Å². The van der Waals surface area contributed by atoms with Crippen molar-refractivity contribution >= 4 is 29.2 Å². The van der Waals surface area contributed by atoms with Gasteiger partial charge < -0.3 is 20.3 Å². The number of ether oxygens (including phenoxy) is 1. The van der Waals surface area contributed by atoms with Crippen LogP contribution >= 0.6 is 11.3 Å². The Bertz CT molecular complexity index is 911. The van der Waals surface area contributed by atoms with Gasteiger partial charge in [-0.3, -0.25) is 9.59 Å². The molecule has 2 aliphatic rings. The Balaban J connectivity index is 1.81. The van der Waals surface area contributed by atoms with Crippen LogP contribution in [0.4, 0.5) is 0 Å². The van der Waals surface area contributed by atoms with E-state index in [2.05, 4.69) is 10.3 Å². The van der Waals surface area contributed by atoms with E-state index < -0.39 is 35.6 Å². The molecule has 3 N–H and O–H groups in total. The number of esters is 1. The second-order valence-corrected chi connectivity index (χ2v) is 11.8. The molecule has 0 radical (unpaired) electrons. The summed E-state index contributed by atoms with van der Waals surface area (Å²) in [5.74, 6) is -1.43. The van der Waals surface area contributed by atoms with E-state index in [4.69, 9.17) is 4.74 Å². The van der Waals surface area contributed by atoms with Gasteiger partial charge in [0.1, 0.15) is 11.9 Å². The van der Waals surface area contributed by atoms with Crippen molar-refractivity contribution in [2.75, 3.05) is 0 Å². The Labute approximate surface area is 207 Å². The second kappa shape index (κ2) is 11.0. The molecule has 1 aromatic heterocycles. The Hall–Kier alpha value is -1.61. The number of aliphatic hydroxyl groups is 2. The highest BCUT2D eigenvalue weighted by Gasteiger charge is 2.43. The van der Waals surface area contributed by atoms with Crippen LogP contribution in [0.1, 0.15) is 77.4 Å². The molecule has 0 aliphatic carbocycles. The molecule has 3 heterocycles. The average molecular weight is 493 g/mol. The van der Waals surface area contributed by atoms with Crippen molar-refractivity contribution in [2.45, 2.75) is 104 Å². The number of ketones is 1. The number of carbonyl (C=O) groups excluding carboxylic acids is 2. The highest BCUT2D eigenvalue weighted by atomic mass is 32.1. The number of fused-ring (bicyclic) bond motifs is 1. The van der Waals surface area contributed by atoms with Gasteiger partial charge in [-0.25, -0.2) is 4.98 Å². The molecule has 8 heteroatoms. The van der Waals surface area contributed by atoms with Crippen molar-refractivity contribution in [1.82, 2.24) is 10.3 Å². The van der Waals surface area contributed by atoms with Crippen LogP contribution in [0.25, 0.3) is 6.08 Å². The summed E-state index contributed by atoms with van der Waals surface area (Å²) >= 11 is 1.57. The van der Waals surface area contributed by atoms with E-state index in [1.165, 1.54) is 0 Å². The van der Waals surface area contributed by atoms with Crippen molar-refractivity contribution in [2.24, 2.45) is 17.3 Å². The minimum atomic E-state index is -1.21. The van der Waals surface area contributed by atoms with Crippen LogP contribution in [0.5, 0.6) is 0 Å². The number of aromatic nitrogens is 1. The van der Waals surface area contributed by atoms with Crippen LogP contribution in [0.15, 0.2) is 11.0 Å². The third kappa shape index (κ3) is 6.53. The monoisotopic (exact) mass is 492 g/mol. The normalized spacial score (nSPS) is 36.0. The fourth-order valence-electron chi connectivity index (χ4n) is 4.92. The number of aliphatic hydroxyl groups excluding tert-OH is 2. The highest BCUT2D eigenvalue weighted by Crippen LogP contribution is 2.33. The molecule has 2 fully saturated rings. The summed E-state index contributed by atoms with van der Waals surface area (Å²) in [6.07, 6.45) is 2.64. The van der Waals surface area contributed by atoms with Crippen LogP contribution in [-0.2, 0) is 14.3 Å². The van der Waals surface area contributed by atoms with E-state index in [1.807, 2.05) is 32.2 Å². The summed E-state index contributed by atoms with van der Waals surface area (Å²) < 4.78 is 5.86. The van der Waals surface area contributed by atoms with Crippen LogP contribution < -0.4 is 5.32 Å². The molecule has 0 amide bonds. The highest BCUT2D eigenvalue weighted by molar-refractivity contribution is 7.09. The molecule has 34 heavy (non-hydrogen) atoms. The van der Waals surface area contributed by atoms with Crippen molar-refractivity contribution in [3.8, 4) is 0 Å². The molecule has 7 atom stereocenters. The summed E-state index contributed by atoms with van der Waals surface area (Å²) in [7, 11) is 0. The van der Waals surface area contributed by atoms with Gasteiger partial charge in [-0.05, 0) is 44.3 Å². The van der Waals surface area contributed by atoms with Gasteiger partial charge in [0.05, 0.1) is 34.7 Å². The fraction of sp³-hybridized carbons (Fsp3) is 0.731. The number of Topliss-reactive ketones (excluding diaryl/α,β-unsaturated/α-hetero) is 1. The number of aryl methyl sites for hydroxylation is 1. The zero-order valence-electron chi connectivity index (χ0n) is 21.2. The summed E-state index contributed by atoms with van der Waals surface area (Å²) in [6, 6.07) is 0.615. The summed E-state index contributed by atoms with van der Waals surface area (Å²) in [5.41, 5.74) is 0.567. The van der Waals surface area contributed by atoms with Crippen LogP contribution in [-0.4, -0.2) is 57.3 Å². The number of cyclic esters (lactones) is 1. The largest absolute Gasteiger partial charge is 0.458 e. The van der Waals surface area contributed by atoms with E-state index in [0.717, 1.165) is 35.5 Å². The number of thiazole rings is 1. The first-order valence-electron chi connectivity index (χ1n) is 12.4. The Kier molecular flexibility index (Phi) is 8.71. The van der Waals surface area contributed by atoms with Gasteiger partial charge in [0.25, 0.3) is 0 Å². The van der Waals surface area contributed by atoms with Gasteiger partial charge in [-0.2, -0.15) is 0 Å². The third-order valence-electron chi connectivity index (χ3n) is 7.58. The van der Waals surface area contributed by atoms with Crippen molar-refractivity contribution in [3.05, 3.63) is 21.7 Å². The molecule has 3 rings (SSSR count). The molecular weight excluding hydrogens is 452 g/mol. The van der Waals surface area contributed by atoms with Gasteiger partial charge in [0, 0.05) is 29.8 Å². The van der Waals surface area contributed by atoms with E-state index in [9.17, 15) is 19.8 Å². The minimum Gasteiger partial charge on any atom is -0.458 e. The van der Waals surface area contributed by atoms with E-state index >= 15 is 0 Å². The van der Waals surface area contributed by atoms with Gasteiger partial charge in [-0.1, -0.05) is 34.1 Å². The number of hydrogen-bond donors (Lipinski definition) is 3. The van der Waals surface area contributed by atoms with Crippen LogP contribution in [0.3, 0.4) is 0 Å². The van der Waals surface area contributed by atoms with Gasteiger partial charge in [0.2, 0.25) is 0 Å². The number of nitrogens with one attached hydrogen (secondary N) is 1. The van der Waals surface area contributed by atoms with Gasteiger partial charge in [-0.15, -0.1) is 11.3 Å². The van der Waals surface area contributed by atoms with E-state index in [0.29, 0.717) is 12.5 Å². The lowest BCUT2D eigenvalue weighted by molar-refractivity contribution is -0.154. The molecule has 190 valence electrons. The van der Waals surface area contributed by atoms with Crippen molar-refractivity contribution < 1.29 is 24.5 Å². The SMILES string of the molecule is C/C(=C\c1csc(C)n1)C1CC2N[C@@H]2CCC[C@H](C)[C@H](O)[C@@H](C)C(=O)C(C)(C)[C@@H](O)CC(=O)O1. The first-order valence-corrected chi connectivity index (χ1v) is 13.2. The fourth-order valence-corrected chi connectivity index (χ4v) is 5.49. The Morgan fingerprint density at radius 1 is 1.24 bits per heavy atom. The molecule has 1 aromatic rings. The summed E-state index contributed by atoms with van der Waals surface area (Å²) in [5, 5.41) is 28.1. The molecule has 0 bridgehead atoms. The zero-order chi connectivity index (χ0) is 25.2. The molecule has 0 aromatic carbocycles. The summed E-state index contributed by atoms with van der Waals surface area (Å²) in [6.45, 7) is 10.8. The maximum atomic E-state index is 13.2. The topological polar surface area (TPSA) is 119 Å². The molecule has 2 aliphatic heterocycles. The predicted octanol–water partition coefficient (Wildman–Crippen LogP) is 3.66. The van der Waals surface area contributed by atoms with E-state index in [1.54, 1.807) is 32.1 Å².